The molecule has 0 saturated carbocycles. The minimum Gasteiger partial charge on any atom is -0.352 e. The quantitative estimate of drug-likeness (QED) is 0.355. The van der Waals surface area contributed by atoms with Gasteiger partial charge in [-0.1, -0.05) is 72.3 Å². The molecule has 0 saturated heterocycles. The van der Waals surface area contributed by atoms with Crippen molar-refractivity contribution < 1.29 is 14.0 Å². The van der Waals surface area contributed by atoms with Crippen molar-refractivity contribution in [3.63, 3.8) is 0 Å². The molecule has 1 N–H and O–H groups in total. The Morgan fingerprint density at radius 1 is 0.771 bits per heavy atom. The van der Waals surface area contributed by atoms with E-state index in [9.17, 15) is 14.0 Å². The third-order valence-electron chi connectivity index (χ3n) is 5.70. The molecule has 176 valence electrons. The summed E-state index contributed by atoms with van der Waals surface area (Å²) in [4.78, 5) is 27.5. The number of anilines is 1. The molecule has 35 heavy (non-hydrogen) atoms. The Morgan fingerprint density at radius 3 is 2.14 bits per heavy atom. The monoisotopic (exact) mass is 466 g/mol. The summed E-state index contributed by atoms with van der Waals surface area (Å²) < 4.78 is 13.0. The van der Waals surface area contributed by atoms with E-state index in [4.69, 9.17) is 0 Å². The number of aryl methyl sites for hydroxylation is 1. The van der Waals surface area contributed by atoms with Crippen LogP contribution in [0.1, 0.15) is 32.6 Å². The minimum absolute atomic E-state index is 0.0862. The molecule has 0 fully saturated rings. The normalized spacial score (nSPS) is 10.6. The standard InChI is InChI=1S/C30H27FN2O2/c1-22-6-5-7-25(18-22)21-33(30(35)26-8-3-2-4-9-26)28-16-12-23(13-17-28)19-29(34)32-20-24-10-14-27(31)15-11-24/h2-18H,19-21H2,1H3,(H,32,34). The van der Waals surface area contributed by atoms with Crippen LogP contribution in [0.25, 0.3) is 0 Å². The lowest BCUT2D eigenvalue weighted by molar-refractivity contribution is -0.120. The van der Waals surface area contributed by atoms with Crippen molar-refractivity contribution >= 4 is 17.5 Å². The Labute approximate surface area is 205 Å². The maximum Gasteiger partial charge on any atom is 0.258 e. The fourth-order valence-electron chi connectivity index (χ4n) is 3.85. The van der Waals surface area contributed by atoms with E-state index in [1.807, 2.05) is 79.7 Å². The SMILES string of the molecule is Cc1cccc(CN(C(=O)c2ccccc2)c2ccc(CC(=O)NCc3ccc(F)cc3)cc2)c1. The Bertz CT molecular complexity index is 1290. The van der Waals surface area contributed by atoms with Gasteiger partial charge < -0.3 is 10.2 Å². The van der Waals surface area contributed by atoms with Crippen LogP contribution in [-0.2, 0) is 24.3 Å². The van der Waals surface area contributed by atoms with E-state index in [0.29, 0.717) is 18.7 Å². The third kappa shape index (κ3) is 6.64. The van der Waals surface area contributed by atoms with Gasteiger partial charge in [-0.05, 0) is 60.0 Å². The summed E-state index contributed by atoms with van der Waals surface area (Å²) in [6.45, 7) is 2.81. The molecule has 0 spiro atoms. The summed E-state index contributed by atoms with van der Waals surface area (Å²) in [6.07, 6.45) is 0.214. The topological polar surface area (TPSA) is 49.4 Å². The molecule has 4 nitrogen and oxygen atoms in total. The van der Waals surface area contributed by atoms with Crippen LogP contribution in [0.4, 0.5) is 10.1 Å². The maximum absolute atomic E-state index is 13.4. The zero-order valence-electron chi connectivity index (χ0n) is 19.6. The molecule has 4 aromatic rings. The first-order valence-corrected chi connectivity index (χ1v) is 11.5. The van der Waals surface area contributed by atoms with Gasteiger partial charge in [-0.2, -0.15) is 0 Å². The van der Waals surface area contributed by atoms with E-state index in [2.05, 4.69) is 11.4 Å². The summed E-state index contributed by atoms with van der Waals surface area (Å²) in [5.74, 6) is -0.515. The van der Waals surface area contributed by atoms with Gasteiger partial charge in [-0.15, -0.1) is 0 Å². The lowest BCUT2D eigenvalue weighted by atomic mass is 10.1. The molecule has 0 aliphatic rings. The first-order chi connectivity index (χ1) is 17.0. The summed E-state index contributed by atoms with van der Waals surface area (Å²) in [5, 5.41) is 2.86. The molecule has 0 aliphatic heterocycles. The van der Waals surface area contributed by atoms with Gasteiger partial charge in [-0.25, -0.2) is 4.39 Å². The van der Waals surface area contributed by atoms with E-state index < -0.39 is 0 Å². The second kappa shape index (κ2) is 11.3. The Balaban J connectivity index is 1.47. The molecular formula is C30H27FN2O2. The highest BCUT2D eigenvalue weighted by molar-refractivity contribution is 6.06. The number of carbonyl (C=O) groups excluding carboxylic acids is 2. The predicted octanol–water partition coefficient (Wildman–Crippen LogP) is 5.84. The van der Waals surface area contributed by atoms with E-state index >= 15 is 0 Å². The Hall–Kier alpha value is -4.25. The molecule has 2 amide bonds. The molecule has 0 radical (unpaired) electrons. The zero-order valence-corrected chi connectivity index (χ0v) is 19.6. The highest BCUT2D eigenvalue weighted by Gasteiger charge is 2.18. The molecule has 0 aliphatic carbocycles. The maximum atomic E-state index is 13.4. The van der Waals surface area contributed by atoms with Crippen molar-refractivity contribution in [2.45, 2.75) is 26.4 Å². The number of amides is 2. The van der Waals surface area contributed by atoms with Gasteiger partial charge in [0.25, 0.3) is 5.91 Å². The number of nitrogens with zero attached hydrogens (tertiary/aromatic N) is 1. The minimum atomic E-state index is -0.303. The van der Waals surface area contributed by atoms with Gasteiger partial charge in [-0.3, -0.25) is 9.59 Å². The van der Waals surface area contributed by atoms with E-state index in [0.717, 1.165) is 27.9 Å². The average molecular weight is 467 g/mol. The lowest BCUT2D eigenvalue weighted by Gasteiger charge is -2.24. The third-order valence-corrected chi connectivity index (χ3v) is 5.70. The van der Waals surface area contributed by atoms with Crippen LogP contribution >= 0.6 is 0 Å². The smallest absolute Gasteiger partial charge is 0.258 e. The van der Waals surface area contributed by atoms with E-state index in [-0.39, 0.29) is 24.1 Å². The van der Waals surface area contributed by atoms with Crippen LogP contribution in [0.3, 0.4) is 0 Å². The summed E-state index contributed by atoms with van der Waals surface area (Å²) in [5.41, 5.74) is 5.23. The van der Waals surface area contributed by atoms with Crippen molar-refractivity contribution in [1.29, 1.82) is 0 Å². The van der Waals surface area contributed by atoms with Crippen LogP contribution in [0.2, 0.25) is 0 Å². The second-order valence-corrected chi connectivity index (χ2v) is 8.49. The van der Waals surface area contributed by atoms with Crippen molar-refractivity contribution in [1.82, 2.24) is 5.32 Å². The van der Waals surface area contributed by atoms with Gasteiger partial charge in [0, 0.05) is 17.8 Å². The number of hydrogen-bond donors (Lipinski definition) is 1. The number of nitrogens with one attached hydrogen (secondary N) is 1. The lowest BCUT2D eigenvalue weighted by Crippen LogP contribution is -2.30. The molecular weight excluding hydrogens is 439 g/mol. The summed E-state index contributed by atoms with van der Waals surface area (Å²) in [6, 6.07) is 30.9. The Morgan fingerprint density at radius 2 is 1.46 bits per heavy atom. The first kappa shape index (κ1) is 23.9. The van der Waals surface area contributed by atoms with Gasteiger partial charge in [0.2, 0.25) is 5.91 Å². The number of hydrogen-bond acceptors (Lipinski definition) is 2. The largest absolute Gasteiger partial charge is 0.352 e. The molecule has 0 atom stereocenters. The Kier molecular flexibility index (Phi) is 7.68. The first-order valence-electron chi connectivity index (χ1n) is 11.5. The molecule has 0 unspecified atom stereocenters. The van der Waals surface area contributed by atoms with Gasteiger partial charge >= 0.3 is 0 Å². The number of benzene rings is 4. The molecule has 0 bridgehead atoms. The van der Waals surface area contributed by atoms with E-state index in [1.54, 1.807) is 17.0 Å². The van der Waals surface area contributed by atoms with Crippen molar-refractivity contribution in [2.24, 2.45) is 0 Å². The predicted molar refractivity (Wildman–Crippen MR) is 137 cm³/mol. The highest BCUT2D eigenvalue weighted by Crippen LogP contribution is 2.22. The van der Waals surface area contributed by atoms with Crippen LogP contribution in [-0.4, -0.2) is 11.8 Å². The number of halogens is 1. The van der Waals surface area contributed by atoms with Crippen LogP contribution in [0.5, 0.6) is 0 Å². The van der Waals surface area contributed by atoms with E-state index in [1.165, 1.54) is 12.1 Å². The zero-order chi connectivity index (χ0) is 24.6. The summed E-state index contributed by atoms with van der Waals surface area (Å²) >= 11 is 0. The number of rotatable bonds is 8. The summed E-state index contributed by atoms with van der Waals surface area (Å²) in [7, 11) is 0. The van der Waals surface area contributed by atoms with Gasteiger partial charge in [0.15, 0.2) is 0 Å². The van der Waals surface area contributed by atoms with Crippen molar-refractivity contribution in [3.8, 4) is 0 Å². The van der Waals surface area contributed by atoms with Crippen LogP contribution < -0.4 is 10.2 Å². The molecule has 0 aromatic heterocycles. The fraction of sp³-hybridized carbons (Fsp3) is 0.133. The second-order valence-electron chi connectivity index (χ2n) is 8.49. The fourth-order valence-corrected chi connectivity index (χ4v) is 3.85. The number of carbonyl (C=O) groups is 2. The molecule has 4 rings (SSSR count). The van der Waals surface area contributed by atoms with Gasteiger partial charge in [0.05, 0.1) is 13.0 Å². The molecule has 5 heteroatoms. The highest BCUT2D eigenvalue weighted by atomic mass is 19.1. The van der Waals surface area contributed by atoms with Crippen molar-refractivity contribution in [2.75, 3.05) is 4.90 Å². The van der Waals surface area contributed by atoms with Gasteiger partial charge in [0.1, 0.15) is 5.82 Å². The molecule has 4 aromatic carbocycles. The van der Waals surface area contributed by atoms with Crippen LogP contribution in [0.15, 0.2) is 103 Å². The average Bonchev–Trinajstić information content (AvgIpc) is 2.88. The molecule has 0 heterocycles. The van der Waals surface area contributed by atoms with Crippen LogP contribution in [0, 0.1) is 12.7 Å². The van der Waals surface area contributed by atoms with Crippen molar-refractivity contribution in [3.05, 3.63) is 137 Å².